The van der Waals surface area contributed by atoms with Gasteiger partial charge in [-0.1, -0.05) is 12.1 Å². The van der Waals surface area contributed by atoms with Gasteiger partial charge in [0.25, 0.3) is 0 Å². The summed E-state index contributed by atoms with van der Waals surface area (Å²) in [5.41, 5.74) is 0.0543. The Kier molecular flexibility index (Phi) is 2.52. The van der Waals surface area contributed by atoms with Gasteiger partial charge in [0, 0.05) is 6.54 Å². The van der Waals surface area contributed by atoms with E-state index in [1.54, 1.807) is 26.0 Å². The summed E-state index contributed by atoms with van der Waals surface area (Å²) >= 11 is 0. The molecular formula is C11H13NO4S. The minimum absolute atomic E-state index is 0.185. The number of nitrogens with one attached hydrogen (secondary N) is 1. The number of rotatable bonds is 2. The first-order chi connectivity index (χ1) is 7.75. The molecule has 0 fully saturated rings. The van der Waals surface area contributed by atoms with Gasteiger partial charge in [-0.15, -0.1) is 0 Å². The Morgan fingerprint density at radius 2 is 2.06 bits per heavy atom. The summed E-state index contributed by atoms with van der Waals surface area (Å²) in [6.45, 7) is 3.36. The molecule has 0 saturated heterocycles. The number of carboxylic acids is 1. The lowest BCUT2D eigenvalue weighted by atomic mass is 9.84. The summed E-state index contributed by atoms with van der Waals surface area (Å²) < 4.78 is 25.7. The number of carbonyl (C=O) groups is 1. The standard InChI is InChI=1S/C11H13NO4S/c1-11(2,10(13)14)8-4-3-7-6-12-17(15,16)9(7)5-8/h3-5,12H,6H2,1-2H3,(H,13,14). The molecule has 1 aliphatic heterocycles. The van der Waals surface area contributed by atoms with Crippen LogP contribution in [0.15, 0.2) is 23.1 Å². The van der Waals surface area contributed by atoms with Crippen LogP contribution in [0.3, 0.4) is 0 Å². The van der Waals surface area contributed by atoms with Crippen molar-refractivity contribution in [2.75, 3.05) is 0 Å². The number of hydrogen-bond donors (Lipinski definition) is 2. The van der Waals surface area contributed by atoms with Crippen LogP contribution in [0.1, 0.15) is 25.0 Å². The fourth-order valence-corrected chi connectivity index (χ4v) is 2.98. The molecule has 1 aromatic carbocycles. The van der Waals surface area contributed by atoms with E-state index in [4.69, 9.17) is 5.11 Å². The molecule has 0 aliphatic carbocycles. The molecule has 0 radical (unpaired) electrons. The smallest absolute Gasteiger partial charge is 0.313 e. The number of hydrogen-bond acceptors (Lipinski definition) is 3. The molecule has 0 amide bonds. The van der Waals surface area contributed by atoms with Crippen molar-refractivity contribution in [2.24, 2.45) is 0 Å². The van der Waals surface area contributed by atoms with Crippen molar-refractivity contribution in [3.63, 3.8) is 0 Å². The molecule has 6 heteroatoms. The number of sulfonamides is 1. The first-order valence-electron chi connectivity index (χ1n) is 5.11. The average molecular weight is 255 g/mol. The number of benzene rings is 1. The normalized spacial score (nSPS) is 17.8. The van der Waals surface area contributed by atoms with Crippen molar-refractivity contribution in [1.82, 2.24) is 4.72 Å². The van der Waals surface area contributed by atoms with Gasteiger partial charge >= 0.3 is 5.97 Å². The zero-order valence-corrected chi connectivity index (χ0v) is 10.3. The molecule has 1 aromatic rings. The summed E-state index contributed by atoms with van der Waals surface area (Å²) in [4.78, 5) is 11.3. The summed E-state index contributed by atoms with van der Waals surface area (Å²) in [6.07, 6.45) is 0. The van der Waals surface area contributed by atoms with E-state index in [-0.39, 0.29) is 11.4 Å². The predicted octanol–water partition coefficient (Wildman–Crippen LogP) is 0.841. The number of carboxylic acid groups (broad SMARTS) is 1. The first kappa shape index (κ1) is 12.1. The average Bonchev–Trinajstić information content (AvgIpc) is 2.54. The molecule has 92 valence electrons. The van der Waals surface area contributed by atoms with Crippen LogP contribution in [0.25, 0.3) is 0 Å². The van der Waals surface area contributed by atoms with Gasteiger partial charge in [0.15, 0.2) is 0 Å². The van der Waals surface area contributed by atoms with Crippen LogP contribution in [0.2, 0.25) is 0 Å². The maximum atomic E-state index is 11.6. The van der Waals surface area contributed by atoms with Crippen molar-refractivity contribution in [3.8, 4) is 0 Å². The molecule has 5 nitrogen and oxygen atoms in total. The third kappa shape index (κ3) is 1.83. The summed E-state index contributed by atoms with van der Waals surface area (Å²) in [5, 5.41) is 9.11. The third-order valence-corrected chi connectivity index (χ3v) is 4.55. The Labute approximate surface area is 99.5 Å². The highest BCUT2D eigenvalue weighted by atomic mass is 32.2. The van der Waals surface area contributed by atoms with Gasteiger partial charge in [0.1, 0.15) is 0 Å². The Bertz CT molecular complexity index is 589. The molecule has 0 spiro atoms. The molecule has 2 N–H and O–H groups in total. The van der Waals surface area contributed by atoms with Crippen LogP contribution in [-0.2, 0) is 26.8 Å². The second kappa shape index (κ2) is 3.54. The van der Waals surface area contributed by atoms with Gasteiger partial charge in [0.2, 0.25) is 10.0 Å². The molecule has 0 aromatic heterocycles. The zero-order valence-electron chi connectivity index (χ0n) is 9.52. The van der Waals surface area contributed by atoms with Gasteiger partial charge in [-0.05, 0) is 31.0 Å². The number of aliphatic carboxylic acids is 1. The maximum Gasteiger partial charge on any atom is 0.313 e. The quantitative estimate of drug-likeness (QED) is 0.820. The van der Waals surface area contributed by atoms with Crippen molar-refractivity contribution in [2.45, 2.75) is 30.7 Å². The first-order valence-corrected chi connectivity index (χ1v) is 6.60. The van der Waals surface area contributed by atoms with Crippen LogP contribution < -0.4 is 4.72 Å². The second-order valence-electron chi connectivity index (χ2n) is 4.58. The Morgan fingerprint density at radius 1 is 1.41 bits per heavy atom. The van der Waals surface area contributed by atoms with E-state index in [2.05, 4.69) is 4.72 Å². The van der Waals surface area contributed by atoms with Crippen LogP contribution in [-0.4, -0.2) is 19.5 Å². The van der Waals surface area contributed by atoms with E-state index >= 15 is 0 Å². The lowest BCUT2D eigenvalue weighted by Crippen LogP contribution is -2.28. The minimum atomic E-state index is -3.46. The molecule has 1 aliphatic rings. The van der Waals surface area contributed by atoms with Crippen LogP contribution in [0.4, 0.5) is 0 Å². The molecule has 2 rings (SSSR count). The maximum absolute atomic E-state index is 11.6. The third-order valence-electron chi connectivity index (χ3n) is 3.07. The monoisotopic (exact) mass is 255 g/mol. The Balaban J connectivity index is 2.59. The number of fused-ring (bicyclic) bond motifs is 1. The van der Waals surface area contributed by atoms with Gasteiger partial charge in [0.05, 0.1) is 10.3 Å². The molecule has 0 atom stereocenters. The van der Waals surface area contributed by atoms with Crippen molar-refractivity contribution < 1.29 is 18.3 Å². The van der Waals surface area contributed by atoms with E-state index in [1.807, 2.05) is 0 Å². The van der Waals surface area contributed by atoms with E-state index in [0.29, 0.717) is 11.1 Å². The highest BCUT2D eigenvalue weighted by molar-refractivity contribution is 7.89. The fraction of sp³-hybridized carbons (Fsp3) is 0.364. The van der Waals surface area contributed by atoms with E-state index < -0.39 is 21.4 Å². The molecular weight excluding hydrogens is 242 g/mol. The zero-order chi connectivity index (χ0) is 12.8. The lowest BCUT2D eigenvalue weighted by Gasteiger charge is -2.20. The van der Waals surface area contributed by atoms with E-state index in [9.17, 15) is 13.2 Å². The largest absolute Gasteiger partial charge is 0.481 e. The molecule has 17 heavy (non-hydrogen) atoms. The van der Waals surface area contributed by atoms with Crippen molar-refractivity contribution in [3.05, 3.63) is 29.3 Å². The topological polar surface area (TPSA) is 83.5 Å². The molecule has 0 saturated carbocycles. The highest BCUT2D eigenvalue weighted by Crippen LogP contribution is 2.30. The summed E-state index contributed by atoms with van der Waals surface area (Å²) in [7, 11) is -3.46. The van der Waals surface area contributed by atoms with Crippen molar-refractivity contribution in [1.29, 1.82) is 0 Å². The van der Waals surface area contributed by atoms with Gasteiger partial charge in [-0.3, -0.25) is 4.79 Å². The Hall–Kier alpha value is -1.40. The van der Waals surface area contributed by atoms with E-state index in [1.165, 1.54) is 6.07 Å². The summed E-state index contributed by atoms with van der Waals surface area (Å²) in [6, 6.07) is 4.77. The van der Waals surface area contributed by atoms with Crippen LogP contribution >= 0.6 is 0 Å². The highest BCUT2D eigenvalue weighted by Gasteiger charge is 2.33. The fourth-order valence-electron chi connectivity index (χ4n) is 1.71. The van der Waals surface area contributed by atoms with Gasteiger partial charge in [-0.25, -0.2) is 13.1 Å². The predicted molar refractivity (Wildman–Crippen MR) is 61.1 cm³/mol. The second-order valence-corrected chi connectivity index (χ2v) is 6.31. The molecule has 0 unspecified atom stereocenters. The van der Waals surface area contributed by atoms with Crippen LogP contribution in [0.5, 0.6) is 0 Å². The lowest BCUT2D eigenvalue weighted by molar-refractivity contribution is -0.142. The molecule has 0 bridgehead atoms. The van der Waals surface area contributed by atoms with Crippen LogP contribution in [0, 0.1) is 0 Å². The summed E-state index contributed by atoms with van der Waals surface area (Å²) in [5.74, 6) is -0.985. The SMILES string of the molecule is CC(C)(C(=O)O)c1ccc2c(c1)S(=O)(=O)NC2. The van der Waals surface area contributed by atoms with Gasteiger partial charge in [-0.2, -0.15) is 0 Å². The Morgan fingerprint density at radius 3 is 2.65 bits per heavy atom. The van der Waals surface area contributed by atoms with Gasteiger partial charge < -0.3 is 5.11 Å². The van der Waals surface area contributed by atoms with E-state index in [0.717, 1.165) is 0 Å². The minimum Gasteiger partial charge on any atom is -0.481 e. The molecule has 1 heterocycles. The van der Waals surface area contributed by atoms with Crippen molar-refractivity contribution >= 4 is 16.0 Å².